The van der Waals surface area contributed by atoms with Gasteiger partial charge >= 0.3 is 0 Å². The van der Waals surface area contributed by atoms with Crippen molar-refractivity contribution in [2.75, 3.05) is 25.4 Å². The third kappa shape index (κ3) is 4.35. The zero-order valence-corrected chi connectivity index (χ0v) is 21.5. The van der Waals surface area contributed by atoms with E-state index in [1.807, 2.05) is 41.1 Å². The maximum atomic E-state index is 15.2. The van der Waals surface area contributed by atoms with E-state index in [1.165, 1.54) is 11.1 Å². The molecule has 0 saturated carbocycles. The molecule has 0 bridgehead atoms. The molecule has 0 radical (unpaired) electrons. The van der Waals surface area contributed by atoms with Crippen molar-refractivity contribution in [3.05, 3.63) is 78.2 Å². The van der Waals surface area contributed by atoms with Crippen molar-refractivity contribution in [1.82, 2.24) is 39.9 Å². The Balaban J connectivity index is 1.29. The summed E-state index contributed by atoms with van der Waals surface area (Å²) in [6.45, 7) is 1.86. The largest absolute Gasteiger partial charge is 0.383 e. The van der Waals surface area contributed by atoms with Crippen molar-refractivity contribution in [2.24, 2.45) is 0 Å². The van der Waals surface area contributed by atoms with Crippen LogP contribution in [0.2, 0.25) is 0 Å². The molecule has 39 heavy (non-hydrogen) atoms. The molecule has 5 aromatic rings. The van der Waals surface area contributed by atoms with Gasteiger partial charge in [-0.05, 0) is 92.4 Å². The predicted molar refractivity (Wildman–Crippen MR) is 149 cm³/mol. The number of nitrogens with two attached hydrogens (primary N) is 1. The lowest BCUT2D eigenvalue weighted by atomic mass is 9.94. The van der Waals surface area contributed by atoms with E-state index < -0.39 is 5.67 Å². The summed E-state index contributed by atoms with van der Waals surface area (Å²) in [6.07, 6.45) is 8.24. The maximum absolute atomic E-state index is 15.2. The van der Waals surface area contributed by atoms with Crippen LogP contribution in [0.4, 0.5) is 10.2 Å². The van der Waals surface area contributed by atoms with Crippen LogP contribution in [-0.4, -0.2) is 54.6 Å². The summed E-state index contributed by atoms with van der Waals surface area (Å²) in [6, 6.07) is 16.1. The Bertz CT molecular complexity index is 1640. The Hall–Kier alpha value is -4.15. The number of benzene rings is 1. The molecule has 1 aromatic carbocycles. The zero-order chi connectivity index (χ0) is 26.4. The smallest absolute Gasteiger partial charge is 0.167 e. The number of piperidine rings is 1. The Morgan fingerprint density at radius 2 is 1.97 bits per heavy atom. The highest BCUT2D eigenvalue weighted by molar-refractivity contribution is 5.83. The van der Waals surface area contributed by atoms with Crippen LogP contribution in [-0.2, 0) is 6.42 Å². The number of nitrogens with zero attached hydrogens (tertiary/aromatic N) is 6. The molecule has 2 aliphatic rings. The van der Waals surface area contributed by atoms with Crippen LogP contribution in [0.3, 0.4) is 0 Å². The van der Waals surface area contributed by atoms with Crippen LogP contribution in [0.15, 0.2) is 67.1 Å². The number of aryl methyl sites for hydroxylation is 1. The van der Waals surface area contributed by atoms with Crippen LogP contribution in [0, 0.1) is 0 Å². The van der Waals surface area contributed by atoms with Crippen molar-refractivity contribution < 1.29 is 4.39 Å². The lowest BCUT2D eigenvalue weighted by Gasteiger charge is -2.31. The van der Waals surface area contributed by atoms with Gasteiger partial charge in [-0.2, -0.15) is 5.10 Å². The molecule has 1 saturated heterocycles. The van der Waals surface area contributed by atoms with Crippen molar-refractivity contribution in [2.45, 2.75) is 37.4 Å². The molecular weight excluding hydrogens is 493 g/mol. The summed E-state index contributed by atoms with van der Waals surface area (Å²) < 4.78 is 19.0. The number of pyridine rings is 2. The molecule has 7 rings (SSSR count). The van der Waals surface area contributed by atoms with E-state index >= 15 is 4.39 Å². The number of nitrogens with one attached hydrogen (secondary N) is 2. The van der Waals surface area contributed by atoms with Crippen LogP contribution in [0.25, 0.3) is 34.1 Å². The number of fused-ring (bicyclic) bond motifs is 2. The van der Waals surface area contributed by atoms with Crippen LogP contribution >= 0.6 is 0 Å². The van der Waals surface area contributed by atoms with Gasteiger partial charge in [-0.1, -0.05) is 6.07 Å². The second-order valence-corrected chi connectivity index (χ2v) is 10.4. The van der Waals surface area contributed by atoms with Gasteiger partial charge in [0, 0.05) is 36.9 Å². The second-order valence-electron chi connectivity index (χ2n) is 10.4. The Morgan fingerprint density at radius 1 is 1.08 bits per heavy atom. The quantitative estimate of drug-likeness (QED) is 0.309. The minimum Gasteiger partial charge on any atom is -0.383 e. The van der Waals surface area contributed by atoms with Crippen molar-refractivity contribution in [1.29, 1.82) is 0 Å². The lowest BCUT2D eigenvalue weighted by molar-refractivity contribution is 0.110. The van der Waals surface area contributed by atoms with Crippen LogP contribution in [0.5, 0.6) is 0 Å². The first-order chi connectivity index (χ1) is 19.1. The number of alkyl halides is 1. The minimum atomic E-state index is -1.14. The molecule has 1 unspecified atom stereocenters. The van der Waals surface area contributed by atoms with Gasteiger partial charge in [0.15, 0.2) is 17.3 Å². The topological polar surface area (TPSA) is 112 Å². The third-order valence-electron chi connectivity index (χ3n) is 7.94. The number of rotatable bonds is 6. The van der Waals surface area contributed by atoms with Gasteiger partial charge in [0.1, 0.15) is 17.0 Å². The Labute approximate surface area is 225 Å². The maximum Gasteiger partial charge on any atom is 0.167 e. The standard InChI is InChI=1S/C29H30FN9/c30-29(10-14-32-15-11-29)18-34-23-7-4-19-17-20(5-6-21(19)23)39-27(22-3-1-12-33-26(22)31)36-24-8-9-25(37-28(24)39)38-16-2-13-35-38/h1-3,5-6,8-9,12-13,16-17,23,32,34H,4,7,10-11,14-15,18H2,(H2,31,33). The summed E-state index contributed by atoms with van der Waals surface area (Å²) >= 11 is 0. The molecule has 10 heteroatoms. The van der Waals surface area contributed by atoms with Gasteiger partial charge in [0.25, 0.3) is 0 Å². The van der Waals surface area contributed by atoms with E-state index in [9.17, 15) is 0 Å². The molecule has 9 nitrogen and oxygen atoms in total. The molecular formula is C29H30FN9. The van der Waals surface area contributed by atoms with Gasteiger partial charge < -0.3 is 16.4 Å². The van der Waals surface area contributed by atoms with Gasteiger partial charge in [0.2, 0.25) is 0 Å². The van der Waals surface area contributed by atoms with E-state index in [0.717, 1.165) is 42.7 Å². The molecule has 198 valence electrons. The molecule has 1 aliphatic carbocycles. The molecule has 0 spiro atoms. The Morgan fingerprint density at radius 3 is 2.79 bits per heavy atom. The third-order valence-corrected chi connectivity index (χ3v) is 7.94. The van der Waals surface area contributed by atoms with E-state index in [2.05, 4.69) is 38.9 Å². The SMILES string of the molecule is Nc1ncccc1-c1nc2ccc(-n3cccn3)nc2n1-c1ccc2c(c1)CCC2NCC1(F)CCNCC1. The van der Waals surface area contributed by atoms with Gasteiger partial charge in [-0.15, -0.1) is 0 Å². The molecule has 1 fully saturated rings. The van der Waals surface area contributed by atoms with E-state index in [0.29, 0.717) is 42.5 Å². The summed E-state index contributed by atoms with van der Waals surface area (Å²) in [5, 5.41) is 11.1. The normalized spacial score (nSPS) is 18.4. The molecule has 5 heterocycles. The highest BCUT2D eigenvalue weighted by Crippen LogP contribution is 2.36. The van der Waals surface area contributed by atoms with Crippen molar-refractivity contribution >= 4 is 17.0 Å². The second kappa shape index (κ2) is 9.55. The van der Waals surface area contributed by atoms with Gasteiger partial charge in [-0.3, -0.25) is 4.57 Å². The summed E-state index contributed by atoms with van der Waals surface area (Å²) in [4.78, 5) is 14.2. The molecule has 1 atom stereocenters. The number of hydrogen-bond donors (Lipinski definition) is 3. The summed E-state index contributed by atoms with van der Waals surface area (Å²) in [5.41, 5.74) is 10.8. The lowest BCUT2D eigenvalue weighted by Crippen LogP contribution is -2.45. The van der Waals surface area contributed by atoms with E-state index in [4.69, 9.17) is 15.7 Å². The highest BCUT2D eigenvalue weighted by atomic mass is 19.1. The zero-order valence-electron chi connectivity index (χ0n) is 21.5. The number of nitrogen functional groups attached to an aromatic ring is 1. The average Bonchev–Trinajstić information content (AvgIpc) is 3.71. The first-order valence-corrected chi connectivity index (χ1v) is 13.4. The number of anilines is 1. The first kappa shape index (κ1) is 23.9. The fraction of sp³-hybridized carbons (Fsp3) is 0.310. The highest BCUT2D eigenvalue weighted by Gasteiger charge is 2.33. The summed E-state index contributed by atoms with van der Waals surface area (Å²) in [7, 11) is 0. The number of halogens is 1. The molecule has 0 amide bonds. The molecule has 1 aliphatic heterocycles. The average molecular weight is 524 g/mol. The molecule has 4 aromatic heterocycles. The number of imidazole rings is 1. The van der Waals surface area contributed by atoms with E-state index in [-0.39, 0.29) is 6.04 Å². The van der Waals surface area contributed by atoms with Crippen molar-refractivity contribution in [3.63, 3.8) is 0 Å². The van der Waals surface area contributed by atoms with Crippen LogP contribution < -0.4 is 16.4 Å². The van der Waals surface area contributed by atoms with Crippen molar-refractivity contribution in [3.8, 4) is 22.9 Å². The minimum absolute atomic E-state index is 0.147. The number of aromatic nitrogens is 6. The van der Waals surface area contributed by atoms with E-state index in [1.54, 1.807) is 17.1 Å². The Kier molecular flexibility index (Phi) is 5.86. The summed E-state index contributed by atoms with van der Waals surface area (Å²) in [5.74, 6) is 1.78. The predicted octanol–water partition coefficient (Wildman–Crippen LogP) is 3.92. The van der Waals surface area contributed by atoms with Gasteiger partial charge in [0.05, 0.1) is 5.56 Å². The van der Waals surface area contributed by atoms with Crippen LogP contribution in [0.1, 0.15) is 36.4 Å². The number of hydrogen-bond acceptors (Lipinski definition) is 7. The first-order valence-electron chi connectivity index (χ1n) is 13.4. The fourth-order valence-electron chi connectivity index (χ4n) is 5.82. The van der Waals surface area contributed by atoms with Gasteiger partial charge in [-0.25, -0.2) is 24.0 Å². The monoisotopic (exact) mass is 523 g/mol. The fourth-order valence-corrected chi connectivity index (χ4v) is 5.82. The molecule has 4 N–H and O–H groups in total.